The van der Waals surface area contributed by atoms with Crippen LogP contribution >= 0.6 is 0 Å². The van der Waals surface area contributed by atoms with E-state index >= 15 is 0 Å². The highest BCUT2D eigenvalue weighted by atomic mass is 32.2. The number of carbonyl (C=O) groups is 2. The first-order valence-corrected chi connectivity index (χ1v) is 10.2. The van der Waals surface area contributed by atoms with E-state index in [1.54, 1.807) is 43.3 Å². The Morgan fingerprint density at radius 2 is 1.64 bits per heavy atom. The van der Waals surface area contributed by atoms with Gasteiger partial charge in [0.1, 0.15) is 11.5 Å². The summed E-state index contributed by atoms with van der Waals surface area (Å²) in [7, 11) is -3.83. The van der Waals surface area contributed by atoms with E-state index in [0.717, 1.165) is 5.56 Å². The molecule has 0 saturated heterocycles. The second-order valence-corrected chi connectivity index (χ2v) is 8.60. The zero-order valence-corrected chi connectivity index (χ0v) is 17.0. The lowest BCUT2D eigenvalue weighted by Gasteiger charge is -2.12. The lowest BCUT2D eigenvalue weighted by atomic mass is 10.0. The van der Waals surface area contributed by atoms with Crippen molar-refractivity contribution in [3.05, 3.63) is 59.3 Å². The number of esters is 1. The highest BCUT2D eigenvalue weighted by molar-refractivity contribution is 7.90. The Balaban J connectivity index is 2.28. The van der Waals surface area contributed by atoms with Gasteiger partial charge < -0.3 is 4.74 Å². The number of aryl methyl sites for hydroxylation is 2. The highest BCUT2D eigenvalue weighted by Crippen LogP contribution is 2.33. The second kappa shape index (κ2) is 7.24. The van der Waals surface area contributed by atoms with Crippen LogP contribution in [-0.4, -0.2) is 24.1 Å². The first-order valence-electron chi connectivity index (χ1n) is 8.75. The van der Waals surface area contributed by atoms with Crippen molar-refractivity contribution >= 4 is 32.7 Å². The molecule has 0 aliphatic carbocycles. The molecule has 1 heterocycles. The van der Waals surface area contributed by atoms with E-state index in [1.807, 2.05) is 6.92 Å². The number of ether oxygens (including phenoxy) is 1. The molecular formula is C21H21NO5S. The van der Waals surface area contributed by atoms with Gasteiger partial charge in [0.15, 0.2) is 0 Å². The number of ketones is 1. The fourth-order valence-electron chi connectivity index (χ4n) is 3.24. The fraction of sp³-hybridized carbons (Fsp3) is 0.238. The third-order valence-corrected chi connectivity index (χ3v) is 6.26. The zero-order valence-electron chi connectivity index (χ0n) is 16.1. The van der Waals surface area contributed by atoms with Gasteiger partial charge in [-0.1, -0.05) is 17.7 Å². The number of benzene rings is 2. The van der Waals surface area contributed by atoms with Crippen LogP contribution in [0.3, 0.4) is 0 Å². The summed E-state index contributed by atoms with van der Waals surface area (Å²) in [4.78, 5) is 23.4. The van der Waals surface area contributed by atoms with Gasteiger partial charge >= 0.3 is 5.97 Å². The van der Waals surface area contributed by atoms with Gasteiger partial charge in [-0.15, -0.1) is 0 Å². The largest absolute Gasteiger partial charge is 0.426 e. The maximum absolute atomic E-state index is 13.2. The molecule has 7 heteroatoms. The molecule has 1 aromatic heterocycles. The van der Waals surface area contributed by atoms with Gasteiger partial charge in [-0.25, -0.2) is 12.4 Å². The Kier molecular flexibility index (Phi) is 5.12. The molecule has 28 heavy (non-hydrogen) atoms. The molecule has 0 atom stereocenters. The van der Waals surface area contributed by atoms with Gasteiger partial charge in [0.25, 0.3) is 10.0 Å². The van der Waals surface area contributed by atoms with Crippen molar-refractivity contribution < 1.29 is 22.7 Å². The van der Waals surface area contributed by atoms with Gasteiger partial charge in [0, 0.05) is 30.0 Å². The molecule has 0 unspecified atom stereocenters. The Morgan fingerprint density at radius 3 is 2.21 bits per heavy atom. The first kappa shape index (κ1) is 19.8. The lowest BCUT2D eigenvalue weighted by Crippen LogP contribution is -2.14. The molecule has 0 aliphatic rings. The van der Waals surface area contributed by atoms with Gasteiger partial charge in [0.2, 0.25) is 0 Å². The number of hydrogen-bond donors (Lipinski definition) is 0. The van der Waals surface area contributed by atoms with Crippen molar-refractivity contribution in [2.75, 3.05) is 0 Å². The molecule has 6 nitrogen and oxygen atoms in total. The SMILES string of the molecule is CC(=O)Cc1c(OC(C)=O)ccc2c1cc(C)n2S(=O)(=O)c1ccc(C)cc1. The van der Waals surface area contributed by atoms with Crippen molar-refractivity contribution in [1.29, 1.82) is 0 Å². The summed E-state index contributed by atoms with van der Waals surface area (Å²) in [5, 5.41) is 0.571. The summed E-state index contributed by atoms with van der Waals surface area (Å²) < 4.78 is 33.0. The average molecular weight is 399 g/mol. The molecule has 3 aromatic rings. The first-order chi connectivity index (χ1) is 13.1. The third kappa shape index (κ3) is 3.57. The van der Waals surface area contributed by atoms with E-state index in [4.69, 9.17) is 4.74 Å². The van der Waals surface area contributed by atoms with Crippen molar-refractivity contribution in [2.24, 2.45) is 0 Å². The highest BCUT2D eigenvalue weighted by Gasteiger charge is 2.24. The average Bonchev–Trinajstić information content (AvgIpc) is 2.93. The van der Waals surface area contributed by atoms with Crippen LogP contribution in [0.2, 0.25) is 0 Å². The number of Topliss-reactive ketones (excluding diaryl/α,β-unsaturated/α-hetero) is 1. The normalized spacial score (nSPS) is 11.6. The van der Waals surface area contributed by atoms with Gasteiger partial charge in [-0.2, -0.15) is 0 Å². The monoisotopic (exact) mass is 399 g/mol. The van der Waals surface area contributed by atoms with Crippen molar-refractivity contribution in [2.45, 2.75) is 39.0 Å². The van der Waals surface area contributed by atoms with Crippen LogP contribution in [0.25, 0.3) is 10.9 Å². The Morgan fingerprint density at radius 1 is 1.00 bits per heavy atom. The topological polar surface area (TPSA) is 82.4 Å². The molecule has 2 aromatic carbocycles. The summed E-state index contributed by atoms with van der Waals surface area (Å²) in [6, 6.07) is 11.5. The molecule has 3 rings (SSSR count). The second-order valence-electron chi connectivity index (χ2n) is 6.82. The van der Waals surface area contributed by atoms with Gasteiger partial charge in [-0.05, 0) is 51.1 Å². The van der Waals surface area contributed by atoms with Gasteiger partial charge in [-0.3, -0.25) is 9.59 Å². The summed E-state index contributed by atoms with van der Waals surface area (Å²) in [6.45, 7) is 6.29. The quantitative estimate of drug-likeness (QED) is 0.484. The predicted molar refractivity (Wildman–Crippen MR) is 106 cm³/mol. The summed E-state index contributed by atoms with van der Waals surface area (Å²) in [5.41, 5.74) is 2.40. The number of nitrogens with zero attached hydrogens (tertiary/aromatic N) is 1. The molecule has 0 aliphatic heterocycles. The zero-order chi connectivity index (χ0) is 20.6. The number of hydrogen-bond acceptors (Lipinski definition) is 5. The Bertz CT molecular complexity index is 1190. The van der Waals surface area contributed by atoms with Crippen LogP contribution in [0.4, 0.5) is 0 Å². The molecule has 0 amide bonds. The maximum Gasteiger partial charge on any atom is 0.308 e. The molecule has 0 radical (unpaired) electrons. The summed E-state index contributed by atoms with van der Waals surface area (Å²) >= 11 is 0. The molecule has 146 valence electrons. The van der Waals surface area contributed by atoms with Crippen LogP contribution in [-0.2, 0) is 26.0 Å². The van der Waals surface area contributed by atoms with Gasteiger partial charge in [0.05, 0.1) is 10.4 Å². The van der Waals surface area contributed by atoms with Crippen molar-refractivity contribution in [3.8, 4) is 5.75 Å². The molecule has 0 N–H and O–H groups in total. The molecular weight excluding hydrogens is 378 g/mol. The van der Waals surface area contributed by atoms with E-state index < -0.39 is 16.0 Å². The predicted octanol–water partition coefficient (Wildman–Crippen LogP) is 3.55. The Labute approximate surface area is 163 Å². The molecule has 0 bridgehead atoms. The minimum absolute atomic E-state index is 0.0357. The van der Waals surface area contributed by atoms with Crippen LogP contribution in [0, 0.1) is 13.8 Å². The van der Waals surface area contributed by atoms with Crippen molar-refractivity contribution in [3.63, 3.8) is 0 Å². The lowest BCUT2D eigenvalue weighted by molar-refractivity contribution is -0.132. The number of carbonyl (C=O) groups excluding carboxylic acids is 2. The van der Waals surface area contributed by atoms with Crippen LogP contribution in [0.15, 0.2) is 47.4 Å². The van der Waals surface area contributed by atoms with Crippen LogP contribution in [0.5, 0.6) is 5.75 Å². The smallest absolute Gasteiger partial charge is 0.308 e. The van der Waals surface area contributed by atoms with Crippen LogP contribution in [0.1, 0.15) is 30.7 Å². The minimum atomic E-state index is -3.83. The summed E-state index contributed by atoms with van der Waals surface area (Å²) in [5.74, 6) is -0.361. The minimum Gasteiger partial charge on any atom is -0.426 e. The number of aromatic nitrogens is 1. The standard InChI is InChI=1S/C21H21NO5S/c1-13-5-7-17(8-6-13)28(25,26)22-14(2)11-18-19(12-15(3)23)21(27-16(4)24)10-9-20(18)22/h5-11H,12H2,1-4H3. The van der Waals surface area contributed by atoms with E-state index in [1.165, 1.54) is 23.9 Å². The molecule has 0 spiro atoms. The molecule has 0 saturated carbocycles. The van der Waals surface area contributed by atoms with E-state index in [0.29, 0.717) is 22.2 Å². The molecule has 0 fully saturated rings. The fourth-order valence-corrected chi connectivity index (χ4v) is 4.79. The van der Waals surface area contributed by atoms with Crippen LogP contribution < -0.4 is 4.74 Å². The summed E-state index contributed by atoms with van der Waals surface area (Å²) in [6.07, 6.45) is 0.0357. The third-order valence-electron chi connectivity index (χ3n) is 4.42. The number of fused-ring (bicyclic) bond motifs is 1. The Hall–Kier alpha value is -2.93. The van der Waals surface area contributed by atoms with E-state index in [-0.39, 0.29) is 22.8 Å². The number of rotatable bonds is 5. The van der Waals surface area contributed by atoms with Crippen molar-refractivity contribution in [1.82, 2.24) is 3.97 Å². The maximum atomic E-state index is 13.2. The van der Waals surface area contributed by atoms with E-state index in [2.05, 4.69) is 0 Å². The van der Waals surface area contributed by atoms with E-state index in [9.17, 15) is 18.0 Å².